The first-order valence-electron chi connectivity index (χ1n) is 8.15. The van der Waals surface area contributed by atoms with Gasteiger partial charge in [-0.3, -0.25) is 5.32 Å². The number of amides is 1. The van der Waals surface area contributed by atoms with Crippen molar-refractivity contribution in [1.29, 1.82) is 0 Å². The van der Waals surface area contributed by atoms with E-state index in [4.69, 9.17) is 10.5 Å². The van der Waals surface area contributed by atoms with Crippen molar-refractivity contribution in [2.45, 2.75) is 33.2 Å². The Kier molecular flexibility index (Phi) is 6.07. The number of benzene rings is 2. The number of hydrogen-bond donors (Lipinski definition) is 3. The van der Waals surface area contributed by atoms with Crippen LogP contribution in [-0.2, 0) is 11.3 Å². The van der Waals surface area contributed by atoms with Gasteiger partial charge in [-0.25, -0.2) is 4.79 Å². The van der Waals surface area contributed by atoms with Gasteiger partial charge in [0.25, 0.3) is 0 Å². The van der Waals surface area contributed by atoms with Crippen LogP contribution in [0.1, 0.15) is 37.8 Å². The molecule has 0 radical (unpaired) electrons. The third kappa shape index (κ3) is 4.91. The van der Waals surface area contributed by atoms with Crippen LogP contribution < -0.4 is 16.4 Å². The molecule has 0 saturated heterocycles. The quantitative estimate of drug-likeness (QED) is 0.679. The van der Waals surface area contributed by atoms with E-state index in [2.05, 4.69) is 48.7 Å². The van der Waals surface area contributed by atoms with Crippen LogP contribution in [0.25, 0.3) is 0 Å². The van der Waals surface area contributed by atoms with E-state index in [1.807, 2.05) is 12.1 Å². The zero-order valence-corrected chi connectivity index (χ0v) is 14.4. The monoisotopic (exact) mass is 327 g/mol. The van der Waals surface area contributed by atoms with Gasteiger partial charge in [-0.2, -0.15) is 0 Å². The second kappa shape index (κ2) is 8.24. The third-order valence-corrected chi connectivity index (χ3v) is 3.70. The number of ether oxygens (including phenoxy) is 1. The van der Waals surface area contributed by atoms with Gasteiger partial charge >= 0.3 is 6.09 Å². The highest BCUT2D eigenvalue weighted by Crippen LogP contribution is 2.22. The van der Waals surface area contributed by atoms with Crippen molar-refractivity contribution >= 4 is 23.2 Å². The maximum Gasteiger partial charge on any atom is 0.411 e. The summed E-state index contributed by atoms with van der Waals surface area (Å²) in [7, 11) is 0. The Balaban J connectivity index is 1.95. The molecule has 24 heavy (non-hydrogen) atoms. The lowest BCUT2D eigenvalue weighted by atomic mass is 10.0. The molecule has 0 fully saturated rings. The minimum Gasteiger partial charge on any atom is -0.450 e. The van der Waals surface area contributed by atoms with Crippen molar-refractivity contribution < 1.29 is 9.53 Å². The van der Waals surface area contributed by atoms with E-state index in [0.29, 0.717) is 30.4 Å². The second-order valence-corrected chi connectivity index (χ2v) is 5.90. The molecule has 0 aliphatic carbocycles. The van der Waals surface area contributed by atoms with Crippen molar-refractivity contribution in [2.75, 3.05) is 23.0 Å². The Morgan fingerprint density at radius 2 is 1.88 bits per heavy atom. The zero-order chi connectivity index (χ0) is 17.5. The standard InChI is InChI=1S/C19H25N3O2/c1-4-24-19(23)22-18-10-5-14(11-17(18)20)12-21-16-8-6-15(7-9-16)13(2)3/h5-11,13,21H,4,12,20H2,1-3H3,(H,22,23). The average Bonchev–Trinajstić information content (AvgIpc) is 2.56. The maximum absolute atomic E-state index is 11.4. The summed E-state index contributed by atoms with van der Waals surface area (Å²) in [4.78, 5) is 11.4. The van der Waals surface area contributed by atoms with Crippen LogP contribution >= 0.6 is 0 Å². The van der Waals surface area contributed by atoms with E-state index in [9.17, 15) is 4.79 Å². The molecule has 2 aromatic rings. The van der Waals surface area contributed by atoms with Gasteiger partial charge < -0.3 is 15.8 Å². The molecule has 128 valence electrons. The molecule has 0 atom stereocenters. The molecule has 0 aliphatic heterocycles. The highest BCUT2D eigenvalue weighted by molar-refractivity contribution is 5.89. The fourth-order valence-corrected chi connectivity index (χ4v) is 2.30. The number of hydrogen-bond acceptors (Lipinski definition) is 4. The van der Waals surface area contributed by atoms with Crippen LogP contribution in [0.3, 0.4) is 0 Å². The minimum absolute atomic E-state index is 0.323. The molecule has 0 spiro atoms. The summed E-state index contributed by atoms with van der Waals surface area (Å²) in [5, 5.41) is 5.99. The molecule has 0 heterocycles. The van der Waals surface area contributed by atoms with E-state index in [-0.39, 0.29) is 0 Å². The summed E-state index contributed by atoms with van der Waals surface area (Å²) in [5.74, 6) is 0.526. The summed E-state index contributed by atoms with van der Waals surface area (Å²) >= 11 is 0. The number of carbonyl (C=O) groups excluding carboxylic acids is 1. The first-order valence-corrected chi connectivity index (χ1v) is 8.15. The third-order valence-electron chi connectivity index (χ3n) is 3.70. The van der Waals surface area contributed by atoms with Crippen LogP contribution in [0.4, 0.5) is 21.9 Å². The number of carbonyl (C=O) groups is 1. The fraction of sp³-hybridized carbons (Fsp3) is 0.316. The predicted octanol–water partition coefficient (Wildman–Crippen LogP) is 4.57. The van der Waals surface area contributed by atoms with Gasteiger partial charge in [0.15, 0.2) is 0 Å². The number of nitrogens with one attached hydrogen (secondary N) is 2. The largest absolute Gasteiger partial charge is 0.450 e. The molecular weight excluding hydrogens is 302 g/mol. The van der Waals surface area contributed by atoms with Crippen LogP contribution in [0.5, 0.6) is 0 Å². The normalized spacial score (nSPS) is 10.5. The molecule has 5 heteroatoms. The molecule has 2 rings (SSSR count). The Morgan fingerprint density at radius 1 is 1.17 bits per heavy atom. The Morgan fingerprint density at radius 3 is 2.46 bits per heavy atom. The van der Waals surface area contributed by atoms with E-state index in [1.165, 1.54) is 5.56 Å². The van der Waals surface area contributed by atoms with Crippen molar-refractivity contribution in [3.63, 3.8) is 0 Å². The van der Waals surface area contributed by atoms with Gasteiger partial charge in [0, 0.05) is 12.2 Å². The molecule has 0 aliphatic rings. The SMILES string of the molecule is CCOC(=O)Nc1ccc(CNc2ccc(C(C)C)cc2)cc1N. The number of rotatable bonds is 6. The van der Waals surface area contributed by atoms with Crippen molar-refractivity contribution in [3.05, 3.63) is 53.6 Å². The van der Waals surface area contributed by atoms with Gasteiger partial charge in [0.05, 0.1) is 18.0 Å². The van der Waals surface area contributed by atoms with E-state index < -0.39 is 6.09 Å². The van der Waals surface area contributed by atoms with Crippen LogP contribution in [0.15, 0.2) is 42.5 Å². The summed E-state index contributed by atoms with van der Waals surface area (Å²) in [6.45, 7) is 7.09. The summed E-state index contributed by atoms with van der Waals surface area (Å²) in [6.07, 6.45) is -0.500. The van der Waals surface area contributed by atoms with E-state index in [1.54, 1.807) is 13.0 Å². The van der Waals surface area contributed by atoms with Crippen molar-refractivity contribution in [3.8, 4) is 0 Å². The Hall–Kier alpha value is -2.69. The highest BCUT2D eigenvalue weighted by atomic mass is 16.5. The van der Waals surface area contributed by atoms with Crippen LogP contribution in [0.2, 0.25) is 0 Å². The maximum atomic E-state index is 11.4. The van der Waals surface area contributed by atoms with Crippen molar-refractivity contribution in [2.24, 2.45) is 0 Å². The van der Waals surface area contributed by atoms with Gasteiger partial charge in [-0.15, -0.1) is 0 Å². The Bertz CT molecular complexity index is 682. The van der Waals surface area contributed by atoms with Crippen LogP contribution in [-0.4, -0.2) is 12.7 Å². The summed E-state index contributed by atoms with van der Waals surface area (Å²) in [5.41, 5.74) is 10.5. The lowest BCUT2D eigenvalue weighted by Crippen LogP contribution is -2.14. The smallest absolute Gasteiger partial charge is 0.411 e. The lowest BCUT2D eigenvalue weighted by molar-refractivity contribution is 0.168. The molecular formula is C19H25N3O2. The second-order valence-electron chi connectivity index (χ2n) is 5.90. The topological polar surface area (TPSA) is 76.4 Å². The molecule has 1 amide bonds. The van der Waals surface area contributed by atoms with Gasteiger partial charge in [0.2, 0.25) is 0 Å². The lowest BCUT2D eigenvalue weighted by Gasteiger charge is -2.12. The number of anilines is 3. The Labute approximate surface area is 143 Å². The average molecular weight is 327 g/mol. The molecule has 5 nitrogen and oxygen atoms in total. The molecule has 0 aromatic heterocycles. The van der Waals surface area contributed by atoms with Crippen LogP contribution in [0, 0.1) is 0 Å². The summed E-state index contributed by atoms with van der Waals surface area (Å²) in [6, 6.07) is 14.0. The van der Waals surface area contributed by atoms with Gasteiger partial charge in [-0.1, -0.05) is 32.0 Å². The van der Waals surface area contributed by atoms with Gasteiger partial charge in [-0.05, 0) is 48.2 Å². The molecule has 0 saturated carbocycles. The predicted molar refractivity (Wildman–Crippen MR) is 99.4 cm³/mol. The first kappa shape index (κ1) is 17.7. The van der Waals surface area contributed by atoms with Crippen molar-refractivity contribution in [1.82, 2.24) is 0 Å². The van der Waals surface area contributed by atoms with E-state index in [0.717, 1.165) is 11.3 Å². The zero-order valence-electron chi connectivity index (χ0n) is 14.4. The fourth-order valence-electron chi connectivity index (χ4n) is 2.30. The summed E-state index contributed by atoms with van der Waals surface area (Å²) < 4.78 is 4.84. The van der Waals surface area contributed by atoms with E-state index >= 15 is 0 Å². The molecule has 2 aromatic carbocycles. The molecule has 4 N–H and O–H groups in total. The highest BCUT2D eigenvalue weighted by Gasteiger charge is 2.06. The first-order chi connectivity index (χ1) is 11.5. The molecule has 0 unspecified atom stereocenters. The minimum atomic E-state index is -0.500. The van der Waals surface area contributed by atoms with Gasteiger partial charge in [0.1, 0.15) is 0 Å². The molecule has 0 bridgehead atoms. The number of nitrogens with two attached hydrogens (primary N) is 1. The number of nitrogen functional groups attached to an aromatic ring is 1.